The molecule has 0 saturated carbocycles. The van der Waals surface area contributed by atoms with Gasteiger partial charge in [0.15, 0.2) is 0 Å². The van der Waals surface area contributed by atoms with Crippen LogP contribution in [0.2, 0.25) is 0 Å². The van der Waals surface area contributed by atoms with E-state index in [1.165, 1.54) is 45.6 Å². The third kappa shape index (κ3) is 5.27. The van der Waals surface area contributed by atoms with Crippen LogP contribution in [0, 0.1) is 5.82 Å². The SMILES string of the molecule is CN1CCN(S(=O)(=O)c2cccc(C(=O)N(Cc3ccccn3)c3ccc(F)cc3)c2)CC1. The summed E-state index contributed by atoms with van der Waals surface area (Å²) in [6.07, 6.45) is 1.63. The Morgan fingerprint density at radius 2 is 1.73 bits per heavy atom. The summed E-state index contributed by atoms with van der Waals surface area (Å²) in [5, 5.41) is 0. The van der Waals surface area contributed by atoms with Gasteiger partial charge in [-0.3, -0.25) is 9.78 Å². The van der Waals surface area contributed by atoms with Crippen molar-refractivity contribution in [1.82, 2.24) is 14.2 Å². The standard InChI is InChI=1S/C24H25FN4O3S/c1-27-13-15-28(16-14-27)33(31,32)23-7-4-5-19(17-23)24(30)29(18-21-6-2-3-12-26-21)22-10-8-20(25)9-11-22/h2-12,17H,13-16,18H2,1H3. The molecule has 0 atom stereocenters. The number of nitrogens with zero attached hydrogens (tertiary/aromatic N) is 4. The summed E-state index contributed by atoms with van der Waals surface area (Å²) in [6.45, 7) is 2.26. The fraction of sp³-hybridized carbons (Fsp3) is 0.250. The number of aromatic nitrogens is 1. The van der Waals surface area contributed by atoms with Gasteiger partial charge in [-0.2, -0.15) is 4.31 Å². The molecule has 0 bridgehead atoms. The Morgan fingerprint density at radius 1 is 1.00 bits per heavy atom. The van der Waals surface area contributed by atoms with Crippen molar-refractivity contribution in [2.45, 2.75) is 11.4 Å². The first-order valence-corrected chi connectivity index (χ1v) is 12.0. The molecule has 4 rings (SSSR count). The lowest BCUT2D eigenvalue weighted by molar-refractivity contribution is 0.0984. The minimum atomic E-state index is -3.72. The van der Waals surface area contributed by atoms with E-state index in [9.17, 15) is 17.6 Å². The maximum absolute atomic E-state index is 13.5. The Balaban J connectivity index is 1.66. The van der Waals surface area contributed by atoms with Gasteiger partial charge in [0.25, 0.3) is 5.91 Å². The molecule has 1 fully saturated rings. The Morgan fingerprint density at radius 3 is 2.39 bits per heavy atom. The molecule has 1 aliphatic rings. The van der Waals surface area contributed by atoms with Crippen LogP contribution in [0.3, 0.4) is 0 Å². The van der Waals surface area contributed by atoms with Crippen molar-refractivity contribution in [3.8, 4) is 0 Å². The molecule has 1 aromatic heterocycles. The lowest BCUT2D eigenvalue weighted by Crippen LogP contribution is -2.47. The Kier molecular flexibility index (Phi) is 6.83. The van der Waals surface area contributed by atoms with Gasteiger partial charge in [-0.05, 0) is 61.6 Å². The number of rotatable bonds is 6. The maximum Gasteiger partial charge on any atom is 0.258 e. The summed E-state index contributed by atoms with van der Waals surface area (Å²) in [5.74, 6) is -0.813. The van der Waals surface area contributed by atoms with Crippen molar-refractivity contribution >= 4 is 21.6 Å². The number of benzene rings is 2. The van der Waals surface area contributed by atoms with Crippen LogP contribution < -0.4 is 4.90 Å². The number of piperazine rings is 1. The number of anilines is 1. The van der Waals surface area contributed by atoms with Gasteiger partial charge >= 0.3 is 0 Å². The summed E-state index contributed by atoms with van der Waals surface area (Å²) in [7, 11) is -1.77. The van der Waals surface area contributed by atoms with Crippen molar-refractivity contribution in [3.63, 3.8) is 0 Å². The third-order valence-corrected chi connectivity index (χ3v) is 7.51. The first-order chi connectivity index (χ1) is 15.8. The molecule has 1 saturated heterocycles. The van der Waals surface area contributed by atoms with Crippen molar-refractivity contribution < 1.29 is 17.6 Å². The number of likely N-dealkylation sites (N-methyl/N-ethyl adjacent to an activating group) is 1. The second-order valence-corrected chi connectivity index (χ2v) is 9.86. The highest BCUT2D eigenvalue weighted by atomic mass is 32.2. The maximum atomic E-state index is 13.5. The van der Waals surface area contributed by atoms with Crippen LogP contribution in [0.4, 0.5) is 10.1 Å². The molecule has 1 aliphatic heterocycles. The van der Waals surface area contributed by atoms with Gasteiger partial charge in [0, 0.05) is 43.6 Å². The fourth-order valence-electron chi connectivity index (χ4n) is 3.68. The van der Waals surface area contributed by atoms with E-state index in [0.717, 1.165) is 0 Å². The number of carbonyl (C=O) groups excluding carboxylic acids is 1. The molecule has 7 nitrogen and oxygen atoms in total. The van der Waals surface area contributed by atoms with Gasteiger partial charge in [0.1, 0.15) is 5.82 Å². The van der Waals surface area contributed by atoms with Crippen molar-refractivity contribution in [2.24, 2.45) is 0 Å². The van der Waals surface area contributed by atoms with Crippen LogP contribution in [0.15, 0.2) is 77.8 Å². The monoisotopic (exact) mass is 468 g/mol. The third-order valence-electron chi connectivity index (χ3n) is 5.61. The Labute approximate surface area is 193 Å². The van der Waals surface area contributed by atoms with Crippen molar-refractivity contribution in [1.29, 1.82) is 0 Å². The normalized spacial score (nSPS) is 15.3. The zero-order chi connectivity index (χ0) is 23.4. The lowest BCUT2D eigenvalue weighted by atomic mass is 10.1. The molecule has 2 aromatic carbocycles. The largest absolute Gasteiger partial charge is 0.304 e. The quantitative estimate of drug-likeness (QED) is 0.556. The molecule has 1 amide bonds. The predicted molar refractivity (Wildman–Crippen MR) is 124 cm³/mol. The highest BCUT2D eigenvalue weighted by Crippen LogP contribution is 2.23. The van der Waals surface area contributed by atoms with Crippen LogP contribution >= 0.6 is 0 Å². The van der Waals surface area contributed by atoms with Crippen molar-refractivity contribution in [2.75, 3.05) is 38.1 Å². The summed E-state index contributed by atoms with van der Waals surface area (Å²) in [6, 6.07) is 17.0. The average molecular weight is 469 g/mol. The average Bonchev–Trinajstić information content (AvgIpc) is 2.84. The van der Waals surface area contributed by atoms with E-state index < -0.39 is 21.7 Å². The molecule has 33 heavy (non-hydrogen) atoms. The summed E-state index contributed by atoms with van der Waals surface area (Å²) in [4.78, 5) is 21.4. The van der Waals surface area contributed by atoms with Gasteiger partial charge in [-0.15, -0.1) is 0 Å². The Hall–Kier alpha value is -3.14. The number of carbonyl (C=O) groups is 1. The molecule has 0 spiro atoms. The molecule has 3 aromatic rings. The number of amides is 1. The van der Waals surface area contributed by atoms with Gasteiger partial charge < -0.3 is 9.80 Å². The van der Waals surface area contributed by atoms with Crippen molar-refractivity contribution in [3.05, 3.63) is 90.0 Å². The van der Waals surface area contributed by atoms with Crippen LogP contribution in [-0.2, 0) is 16.6 Å². The summed E-state index contributed by atoms with van der Waals surface area (Å²) >= 11 is 0. The van der Waals surface area contributed by atoms with Gasteiger partial charge in [0.05, 0.1) is 17.1 Å². The molecule has 0 unspecified atom stereocenters. The van der Waals surface area contributed by atoms with E-state index in [2.05, 4.69) is 9.88 Å². The molecule has 172 valence electrons. The van der Waals surface area contributed by atoms with E-state index in [1.54, 1.807) is 30.5 Å². The molecular weight excluding hydrogens is 443 g/mol. The first kappa shape index (κ1) is 23.0. The van der Waals surface area contributed by atoms with Crippen LogP contribution in [0.25, 0.3) is 0 Å². The smallest absolute Gasteiger partial charge is 0.258 e. The minimum Gasteiger partial charge on any atom is -0.304 e. The lowest BCUT2D eigenvalue weighted by Gasteiger charge is -2.31. The van der Waals surface area contributed by atoms with Crippen LogP contribution in [-0.4, -0.2) is 61.7 Å². The number of halogens is 1. The Bertz CT molecular complexity index is 1210. The minimum absolute atomic E-state index is 0.0785. The molecule has 2 heterocycles. The molecule has 9 heteroatoms. The topological polar surface area (TPSA) is 73.8 Å². The molecule has 0 aliphatic carbocycles. The zero-order valence-electron chi connectivity index (χ0n) is 18.3. The van der Waals surface area contributed by atoms with Gasteiger partial charge in [-0.1, -0.05) is 12.1 Å². The zero-order valence-corrected chi connectivity index (χ0v) is 19.1. The number of hydrogen-bond acceptors (Lipinski definition) is 5. The molecular formula is C24H25FN4O3S. The van der Waals surface area contributed by atoms with E-state index in [-0.39, 0.29) is 17.0 Å². The highest BCUT2D eigenvalue weighted by molar-refractivity contribution is 7.89. The molecule has 0 N–H and O–H groups in total. The van der Waals surface area contributed by atoms with Gasteiger partial charge in [0.2, 0.25) is 10.0 Å². The van der Waals surface area contributed by atoms with Crippen LogP contribution in [0.5, 0.6) is 0 Å². The fourth-order valence-corrected chi connectivity index (χ4v) is 5.15. The summed E-state index contributed by atoms with van der Waals surface area (Å²) < 4.78 is 41.3. The highest BCUT2D eigenvalue weighted by Gasteiger charge is 2.28. The first-order valence-electron chi connectivity index (χ1n) is 10.6. The second-order valence-electron chi connectivity index (χ2n) is 7.92. The van der Waals surface area contributed by atoms with Crippen LogP contribution in [0.1, 0.15) is 16.1 Å². The number of pyridine rings is 1. The number of sulfonamides is 1. The van der Waals surface area contributed by atoms with E-state index >= 15 is 0 Å². The number of hydrogen-bond donors (Lipinski definition) is 0. The van der Waals surface area contributed by atoms with E-state index in [4.69, 9.17) is 0 Å². The van der Waals surface area contributed by atoms with Gasteiger partial charge in [-0.25, -0.2) is 12.8 Å². The predicted octanol–water partition coefficient (Wildman–Crippen LogP) is 3.00. The summed E-state index contributed by atoms with van der Waals surface area (Å²) in [5.41, 5.74) is 1.36. The van der Waals surface area contributed by atoms with E-state index in [1.807, 2.05) is 13.1 Å². The van der Waals surface area contributed by atoms with E-state index in [0.29, 0.717) is 37.6 Å². The molecule has 0 radical (unpaired) electrons. The second kappa shape index (κ2) is 9.78.